The molecule has 2 rings (SSSR count). The third-order valence-electron chi connectivity index (χ3n) is 4.87. The lowest BCUT2D eigenvalue weighted by molar-refractivity contribution is 0.00578. The predicted octanol–water partition coefficient (Wildman–Crippen LogP) is 3.34. The van der Waals surface area contributed by atoms with E-state index in [0.29, 0.717) is 11.4 Å². The molecule has 1 aromatic rings. The minimum Gasteiger partial charge on any atom is -0.495 e. The average molecular weight is 349 g/mol. The largest absolute Gasteiger partial charge is 0.495 e. The van der Waals surface area contributed by atoms with Crippen LogP contribution in [0.4, 0.5) is 10.5 Å². The zero-order valence-electron chi connectivity index (χ0n) is 16.1. The van der Waals surface area contributed by atoms with Crippen molar-refractivity contribution in [2.24, 2.45) is 0 Å². The third-order valence-corrected chi connectivity index (χ3v) is 4.87. The highest BCUT2D eigenvalue weighted by atomic mass is 16.7. The predicted molar refractivity (Wildman–Crippen MR) is 98.6 cm³/mol. The van der Waals surface area contributed by atoms with Gasteiger partial charge in [-0.25, -0.2) is 4.79 Å². The molecule has 138 valence electrons. The summed E-state index contributed by atoms with van der Waals surface area (Å²) in [5.41, 5.74) is 0.538. The van der Waals surface area contributed by atoms with Gasteiger partial charge < -0.3 is 18.8 Å². The number of rotatable bonds is 5. The minimum atomic E-state index is -0.504. The van der Waals surface area contributed by atoms with Crippen molar-refractivity contribution in [2.45, 2.75) is 65.3 Å². The number of methoxy groups -OCH3 is 1. The second-order valence-electron chi connectivity index (χ2n) is 7.30. The fourth-order valence-electron chi connectivity index (χ4n) is 2.34. The minimum absolute atomic E-state index is 0.144. The number of carbonyl (C=O) groups excluding carboxylic acids is 1. The normalized spacial score (nSPS) is 19.4. The van der Waals surface area contributed by atoms with Gasteiger partial charge in [0.2, 0.25) is 0 Å². The van der Waals surface area contributed by atoms with Crippen LogP contribution >= 0.6 is 0 Å². The molecule has 0 aromatic heterocycles. The Bertz CT molecular complexity index is 616. The monoisotopic (exact) mass is 349 g/mol. The highest BCUT2D eigenvalue weighted by molar-refractivity contribution is 6.62. The SMILES string of the molecule is CCC(C)OC(=O)Nc1ccc(B2OC(C)(C)C(C)(C)O2)cc1OC. The van der Waals surface area contributed by atoms with Crippen LogP contribution in [0.2, 0.25) is 0 Å². The van der Waals surface area contributed by atoms with Crippen molar-refractivity contribution in [1.82, 2.24) is 0 Å². The molecule has 0 spiro atoms. The number of hydrogen-bond donors (Lipinski definition) is 1. The summed E-state index contributed by atoms with van der Waals surface area (Å²) in [7, 11) is 1.06. The number of ether oxygens (including phenoxy) is 2. The molecule has 0 aliphatic carbocycles. The Morgan fingerprint density at radius 2 is 1.84 bits per heavy atom. The maximum absolute atomic E-state index is 11.9. The van der Waals surface area contributed by atoms with Gasteiger partial charge in [0, 0.05) is 0 Å². The first-order valence-corrected chi connectivity index (χ1v) is 8.61. The summed E-state index contributed by atoms with van der Waals surface area (Å²) < 4.78 is 22.7. The van der Waals surface area contributed by atoms with E-state index in [9.17, 15) is 4.79 Å². The third kappa shape index (κ3) is 4.28. The van der Waals surface area contributed by atoms with Crippen LogP contribution in [0.15, 0.2) is 18.2 Å². The molecule has 1 aliphatic rings. The van der Waals surface area contributed by atoms with Gasteiger partial charge in [-0.05, 0) is 58.6 Å². The molecule has 1 unspecified atom stereocenters. The zero-order chi connectivity index (χ0) is 18.8. The van der Waals surface area contributed by atoms with E-state index in [1.54, 1.807) is 19.2 Å². The fraction of sp³-hybridized carbons (Fsp3) is 0.611. The number of nitrogens with one attached hydrogen (secondary N) is 1. The van der Waals surface area contributed by atoms with Crippen LogP contribution in [0.1, 0.15) is 48.0 Å². The first-order valence-electron chi connectivity index (χ1n) is 8.61. The summed E-state index contributed by atoms with van der Waals surface area (Å²) in [5.74, 6) is 0.522. The summed E-state index contributed by atoms with van der Waals surface area (Å²) >= 11 is 0. The van der Waals surface area contributed by atoms with Crippen molar-refractivity contribution >= 4 is 24.4 Å². The molecule has 1 saturated heterocycles. The van der Waals surface area contributed by atoms with E-state index in [1.807, 2.05) is 47.6 Å². The lowest BCUT2D eigenvalue weighted by atomic mass is 9.79. The van der Waals surface area contributed by atoms with Gasteiger partial charge in [-0.15, -0.1) is 0 Å². The Morgan fingerprint density at radius 1 is 1.24 bits per heavy atom. The van der Waals surface area contributed by atoms with Crippen molar-refractivity contribution < 1.29 is 23.6 Å². The van der Waals surface area contributed by atoms with E-state index < -0.39 is 24.4 Å². The van der Waals surface area contributed by atoms with Crippen LogP contribution in [-0.4, -0.2) is 37.6 Å². The zero-order valence-corrected chi connectivity index (χ0v) is 16.1. The van der Waals surface area contributed by atoms with Gasteiger partial charge in [-0.3, -0.25) is 5.32 Å². The van der Waals surface area contributed by atoms with E-state index in [-0.39, 0.29) is 6.10 Å². The molecule has 1 amide bonds. The van der Waals surface area contributed by atoms with Crippen molar-refractivity contribution in [1.29, 1.82) is 0 Å². The molecule has 1 N–H and O–H groups in total. The highest BCUT2D eigenvalue weighted by Gasteiger charge is 2.51. The van der Waals surface area contributed by atoms with E-state index in [4.69, 9.17) is 18.8 Å². The number of amides is 1. The van der Waals surface area contributed by atoms with Gasteiger partial charge in [-0.1, -0.05) is 13.0 Å². The Hall–Kier alpha value is -1.73. The molecule has 0 saturated carbocycles. The topological polar surface area (TPSA) is 66.0 Å². The first-order chi connectivity index (χ1) is 11.6. The summed E-state index contributed by atoms with van der Waals surface area (Å²) in [5, 5.41) is 2.71. The van der Waals surface area contributed by atoms with Gasteiger partial charge >= 0.3 is 13.2 Å². The van der Waals surface area contributed by atoms with E-state index >= 15 is 0 Å². The van der Waals surface area contributed by atoms with Crippen LogP contribution < -0.4 is 15.5 Å². The molecule has 6 nitrogen and oxygen atoms in total. The molecule has 1 aromatic carbocycles. The van der Waals surface area contributed by atoms with Gasteiger partial charge in [0.05, 0.1) is 24.0 Å². The Morgan fingerprint density at radius 3 is 2.36 bits per heavy atom. The number of hydrogen-bond acceptors (Lipinski definition) is 5. The molecule has 1 aliphatic heterocycles. The molecular weight excluding hydrogens is 321 g/mol. The average Bonchev–Trinajstić information content (AvgIpc) is 2.75. The summed E-state index contributed by atoms with van der Waals surface area (Å²) in [6, 6.07) is 5.42. The molecule has 1 heterocycles. The quantitative estimate of drug-likeness (QED) is 0.826. The molecule has 1 atom stereocenters. The van der Waals surface area contributed by atoms with Gasteiger partial charge in [0.15, 0.2) is 0 Å². The van der Waals surface area contributed by atoms with Crippen LogP contribution in [0.25, 0.3) is 0 Å². The van der Waals surface area contributed by atoms with Crippen molar-refractivity contribution in [3.05, 3.63) is 18.2 Å². The smallest absolute Gasteiger partial charge is 0.494 e. The molecular formula is C18H28BNO5. The number of benzene rings is 1. The van der Waals surface area contributed by atoms with Crippen LogP contribution in [0.5, 0.6) is 5.75 Å². The highest BCUT2D eigenvalue weighted by Crippen LogP contribution is 2.37. The Balaban J connectivity index is 2.16. The number of anilines is 1. The summed E-state index contributed by atoms with van der Waals surface area (Å²) in [4.78, 5) is 11.9. The second-order valence-corrected chi connectivity index (χ2v) is 7.30. The maximum Gasteiger partial charge on any atom is 0.494 e. The second kappa shape index (κ2) is 7.26. The van der Waals surface area contributed by atoms with E-state index in [2.05, 4.69) is 5.32 Å². The maximum atomic E-state index is 11.9. The molecule has 0 bridgehead atoms. The van der Waals surface area contributed by atoms with E-state index in [0.717, 1.165) is 11.9 Å². The summed E-state index contributed by atoms with van der Waals surface area (Å²) in [6.45, 7) is 11.8. The van der Waals surface area contributed by atoms with Crippen LogP contribution in [0.3, 0.4) is 0 Å². The van der Waals surface area contributed by atoms with E-state index in [1.165, 1.54) is 0 Å². The van der Waals surface area contributed by atoms with Gasteiger partial charge in [0.1, 0.15) is 11.9 Å². The van der Waals surface area contributed by atoms with Crippen molar-refractivity contribution in [3.63, 3.8) is 0 Å². The number of carbonyl (C=O) groups is 1. The van der Waals surface area contributed by atoms with Crippen molar-refractivity contribution in [3.8, 4) is 5.75 Å². The Kier molecular flexibility index (Phi) is 5.69. The lowest BCUT2D eigenvalue weighted by Crippen LogP contribution is -2.41. The van der Waals surface area contributed by atoms with Gasteiger partial charge in [-0.2, -0.15) is 0 Å². The van der Waals surface area contributed by atoms with Crippen LogP contribution in [-0.2, 0) is 14.0 Å². The van der Waals surface area contributed by atoms with Crippen molar-refractivity contribution in [2.75, 3.05) is 12.4 Å². The molecule has 25 heavy (non-hydrogen) atoms. The molecule has 1 fully saturated rings. The fourth-order valence-corrected chi connectivity index (χ4v) is 2.34. The molecule has 0 radical (unpaired) electrons. The lowest BCUT2D eigenvalue weighted by Gasteiger charge is -2.32. The standard InChI is InChI=1S/C18H28BNO5/c1-8-12(2)23-16(21)20-14-10-9-13(11-15(14)22-7)19-24-17(3,4)18(5,6)25-19/h9-12H,8H2,1-7H3,(H,20,21). The first kappa shape index (κ1) is 19.6. The molecule has 7 heteroatoms. The van der Waals surface area contributed by atoms with Crippen LogP contribution in [0, 0.1) is 0 Å². The Labute approximate surface area is 150 Å². The summed E-state index contributed by atoms with van der Waals surface area (Å²) in [6.07, 6.45) is 0.108. The van der Waals surface area contributed by atoms with Gasteiger partial charge in [0.25, 0.3) is 0 Å².